The molecule has 0 aliphatic carbocycles. The van der Waals surface area contributed by atoms with Crippen LogP contribution < -0.4 is 5.32 Å². The molecule has 0 bridgehead atoms. The molecule has 1 aromatic heterocycles. The van der Waals surface area contributed by atoms with E-state index < -0.39 is 0 Å². The van der Waals surface area contributed by atoms with Gasteiger partial charge in [-0.15, -0.1) is 0 Å². The number of hydrogen-bond donors (Lipinski definition) is 1. The van der Waals surface area contributed by atoms with Gasteiger partial charge in [0.15, 0.2) is 0 Å². The number of rotatable bonds is 12. The maximum atomic E-state index is 4.55. The van der Waals surface area contributed by atoms with E-state index in [4.69, 9.17) is 0 Å². The van der Waals surface area contributed by atoms with E-state index >= 15 is 0 Å². The molecular formula is C19H34N2. The Morgan fingerprint density at radius 1 is 1.05 bits per heavy atom. The van der Waals surface area contributed by atoms with Gasteiger partial charge in [-0.25, -0.2) is 0 Å². The monoisotopic (exact) mass is 290 g/mol. The summed E-state index contributed by atoms with van der Waals surface area (Å²) in [7, 11) is 0. The quantitative estimate of drug-likeness (QED) is 0.545. The molecule has 0 spiro atoms. The molecule has 0 saturated carbocycles. The molecule has 1 aromatic rings. The standard InChI is InChI=1S/C19H34N2/c1-4-6-7-8-9-10-13-18(20-14-5-2)16-19-17(3)12-11-15-21-19/h11-12,15,18,20H,4-10,13-14,16H2,1-3H3. The average Bonchev–Trinajstić information content (AvgIpc) is 2.50. The minimum atomic E-state index is 0.588. The lowest BCUT2D eigenvalue weighted by Crippen LogP contribution is -2.32. The van der Waals surface area contributed by atoms with Crippen LogP contribution in [0.1, 0.15) is 76.5 Å². The van der Waals surface area contributed by atoms with Gasteiger partial charge in [-0.05, 0) is 37.9 Å². The molecule has 0 aliphatic rings. The van der Waals surface area contributed by atoms with Crippen molar-refractivity contribution in [2.75, 3.05) is 6.54 Å². The van der Waals surface area contributed by atoms with Crippen LogP contribution in [0, 0.1) is 6.92 Å². The summed E-state index contributed by atoms with van der Waals surface area (Å²) in [5.41, 5.74) is 2.58. The number of nitrogens with zero attached hydrogens (tertiary/aromatic N) is 1. The van der Waals surface area contributed by atoms with Crippen LogP contribution in [-0.2, 0) is 6.42 Å². The lowest BCUT2D eigenvalue weighted by atomic mass is 10.00. The summed E-state index contributed by atoms with van der Waals surface area (Å²) in [6.45, 7) is 7.80. The van der Waals surface area contributed by atoms with E-state index in [1.165, 1.54) is 62.6 Å². The molecule has 0 radical (unpaired) electrons. The van der Waals surface area contributed by atoms with Gasteiger partial charge in [-0.1, -0.05) is 58.4 Å². The van der Waals surface area contributed by atoms with Gasteiger partial charge in [0.2, 0.25) is 0 Å². The lowest BCUT2D eigenvalue weighted by Gasteiger charge is -2.19. The van der Waals surface area contributed by atoms with Gasteiger partial charge in [-0.3, -0.25) is 4.98 Å². The minimum Gasteiger partial charge on any atom is -0.314 e. The van der Waals surface area contributed by atoms with Crippen molar-refractivity contribution in [1.29, 1.82) is 0 Å². The first-order valence-electron chi connectivity index (χ1n) is 8.91. The highest BCUT2D eigenvalue weighted by molar-refractivity contribution is 5.18. The van der Waals surface area contributed by atoms with Gasteiger partial charge in [0.1, 0.15) is 0 Å². The van der Waals surface area contributed by atoms with Crippen LogP contribution in [0.15, 0.2) is 18.3 Å². The molecule has 0 aliphatic heterocycles. The molecule has 2 nitrogen and oxygen atoms in total. The van der Waals surface area contributed by atoms with Crippen molar-refractivity contribution in [3.63, 3.8) is 0 Å². The average molecular weight is 290 g/mol. The fourth-order valence-corrected chi connectivity index (χ4v) is 2.76. The molecular weight excluding hydrogens is 256 g/mol. The maximum absolute atomic E-state index is 4.55. The summed E-state index contributed by atoms with van der Waals surface area (Å²) in [4.78, 5) is 4.55. The van der Waals surface area contributed by atoms with E-state index in [1.807, 2.05) is 12.3 Å². The van der Waals surface area contributed by atoms with Crippen molar-refractivity contribution in [1.82, 2.24) is 10.3 Å². The number of aromatic nitrogens is 1. The van der Waals surface area contributed by atoms with E-state index in [2.05, 4.69) is 37.1 Å². The van der Waals surface area contributed by atoms with Gasteiger partial charge in [0, 0.05) is 24.4 Å². The zero-order valence-electron chi connectivity index (χ0n) is 14.3. The fraction of sp³-hybridized carbons (Fsp3) is 0.737. The Labute approximate surface area is 131 Å². The summed E-state index contributed by atoms with van der Waals surface area (Å²) in [6, 6.07) is 4.79. The molecule has 0 fully saturated rings. The summed E-state index contributed by atoms with van der Waals surface area (Å²) in [5, 5.41) is 3.71. The zero-order chi connectivity index (χ0) is 15.3. The van der Waals surface area contributed by atoms with Crippen LogP contribution in [0.2, 0.25) is 0 Å². The zero-order valence-corrected chi connectivity index (χ0v) is 14.3. The van der Waals surface area contributed by atoms with Crippen LogP contribution in [0.3, 0.4) is 0 Å². The second kappa shape index (κ2) is 11.7. The highest BCUT2D eigenvalue weighted by atomic mass is 14.9. The largest absolute Gasteiger partial charge is 0.314 e. The van der Waals surface area contributed by atoms with Crippen LogP contribution in [-0.4, -0.2) is 17.6 Å². The Morgan fingerprint density at radius 3 is 2.52 bits per heavy atom. The molecule has 21 heavy (non-hydrogen) atoms. The van der Waals surface area contributed by atoms with Crippen molar-refractivity contribution in [2.45, 2.75) is 84.6 Å². The summed E-state index contributed by atoms with van der Waals surface area (Å²) in [5.74, 6) is 0. The van der Waals surface area contributed by atoms with E-state index in [0.717, 1.165) is 13.0 Å². The smallest absolute Gasteiger partial charge is 0.0448 e. The molecule has 1 N–H and O–H groups in total. The van der Waals surface area contributed by atoms with E-state index in [-0.39, 0.29) is 0 Å². The van der Waals surface area contributed by atoms with Crippen LogP contribution >= 0.6 is 0 Å². The van der Waals surface area contributed by atoms with Gasteiger partial charge < -0.3 is 5.32 Å². The van der Waals surface area contributed by atoms with Crippen LogP contribution in [0.5, 0.6) is 0 Å². The minimum absolute atomic E-state index is 0.588. The molecule has 0 aromatic carbocycles. The van der Waals surface area contributed by atoms with E-state index in [1.54, 1.807) is 0 Å². The van der Waals surface area contributed by atoms with E-state index in [0.29, 0.717) is 6.04 Å². The molecule has 1 rings (SSSR count). The molecule has 1 unspecified atom stereocenters. The molecule has 0 amide bonds. The van der Waals surface area contributed by atoms with E-state index in [9.17, 15) is 0 Å². The Hall–Kier alpha value is -0.890. The third-order valence-corrected chi connectivity index (χ3v) is 4.15. The Balaban J connectivity index is 2.35. The first kappa shape index (κ1) is 18.2. The third-order valence-electron chi connectivity index (χ3n) is 4.15. The number of unbranched alkanes of at least 4 members (excludes halogenated alkanes) is 5. The Kier molecular flexibility index (Phi) is 10.1. The third kappa shape index (κ3) is 8.21. The van der Waals surface area contributed by atoms with Crippen LogP contribution in [0.4, 0.5) is 0 Å². The predicted octanol–water partition coefficient (Wildman–Crippen LogP) is 5.05. The predicted molar refractivity (Wildman–Crippen MR) is 92.8 cm³/mol. The molecule has 2 heteroatoms. The molecule has 1 atom stereocenters. The van der Waals surface area contributed by atoms with Crippen LogP contribution in [0.25, 0.3) is 0 Å². The highest BCUT2D eigenvalue weighted by Crippen LogP contribution is 2.13. The number of nitrogens with one attached hydrogen (secondary N) is 1. The van der Waals surface area contributed by atoms with Gasteiger partial charge in [0.05, 0.1) is 0 Å². The SMILES string of the molecule is CCCCCCCCC(Cc1ncccc1C)NCCC. The lowest BCUT2D eigenvalue weighted by molar-refractivity contribution is 0.446. The summed E-state index contributed by atoms with van der Waals surface area (Å²) < 4.78 is 0. The second-order valence-corrected chi connectivity index (χ2v) is 6.18. The van der Waals surface area contributed by atoms with Crippen molar-refractivity contribution < 1.29 is 0 Å². The van der Waals surface area contributed by atoms with Crippen molar-refractivity contribution in [3.05, 3.63) is 29.6 Å². The van der Waals surface area contributed by atoms with Gasteiger partial charge in [-0.2, -0.15) is 0 Å². The van der Waals surface area contributed by atoms with Crippen molar-refractivity contribution >= 4 is 0 Å². The Bertz CT molecular complexity index is 362. The topological polar surface area (TPSA) is 24.9 Å². The molecule has 1 heterocycles. The number of pyridine rings is 1. The Morgan fingerprint density at radius 2 is 1.81 bits per heavy atom. The van der Waals surface area contributed by atoms with Crippen molar-refractivity contribution in [3.8, 4) is 0 Å². The van der Waals surface area contributed by atoms with Crippen molar-refractivity contribution in [2.24, 2.45) is 0 Å². The van der Waals surface area contributed by atoms with Gasteiger partial charge >= 0.3 is 0 Å². The highest BCUT2D eigenvalue weighted by Gasteiger charge is 2.10. The maximum Gasteiger partial charge on any atom is 0.0448 e. The summed E-state index contributed by atoms with van der Waals surface area (Å²) in [6.07, 6.45) is 13.7. The first-order chi connectivity index (χ1) is 10.3. The molecule has 0 saturated heterocycles. The summed E-state index contributed by atoms with van der Waals surface area (Å²) >= 11 is 0. The number of hydrogen-bond acceptors (Lipinski definition) is 2. The number of aryl methyl sites for hydroxylation is 1. The molecule has 120 valence electrons. The fourth-order valence-electron chi connectivity index (χ4n) is 2.76. The first-order valence-corrected chi connectivity index (χ1v) is 8.91. The second-order valence-electron chi connectivity index (χ2n) is 6.18. The van der Waals surface area contributed by atoms with Gasteiger partial charge in [0.25, 0.3) is 0 Å². The normalized spacial score (nSPS) is 12.5.